The van der Waals surface area contributed by atoms with Crippen LogP contribution >= 0.6 is 11.8 Å². The van der Waals surface area contributed by atoms with Gasteiger partial charge in [0.25, 0.3) is 0 Å². The molecule has 2 aliphatic rings. The van der Waals surface area contributed by atoms with Crippen LogP contribution in [0.3, 0.4) is 0 Å². The number of hydrogen-bond donors (Lipinski definition) is 1. The highest BCUT2D eigenvalue weighted by Gasteiger charge is 2.47. The molecular weight excluding hydrogens is 248 g/mol. The van der Waals surface area contributed by atoms with E-state index in [-0.39, 0.29) is 17.9 Å². The summed E-state index contributed by atoms with van der Waals surface area (Å²) < 4.78 is 0. The van der Waals surface area contributed by atoms with Gasteiger partial charge >= 0.3 is 0 Å². The molecule has 1 saturated carbocycles. The first-order valence-electron chi connectivity index (χ1n) is 6.70. The molecule has 1 spiro atoms. The van der Waals surface area contributed by atoms with Gasteiger partial charge in [-0.2, -0.15) is 11.8 Å². The summed E-state index contributed by atoms with van der Waals surface area (Å²) in [6, 6.07) is 0.206. The molecule has 0 aromatic heterocycles. The largest absolute Gasteiger partial charge is 0.342 e. The molecule has 2 amide bonds. The fourth-order valence-electron chi connectivity index (χ4n) is 3.05. The van der Waals surface area contributed by atoms with Gasteiger partial charge in [-0.25, -0.2) is 0 Å². The SMILES string of the molecule is CSCC(C)N1CCC(=O)NC2(CCCC2)C1=O. The summed E-state index contributed by atoms with van der Waals surface area (Å²) in [7, 11) is 0. The van der Waals surface area contributed by atoms with Gasteiger partial charge in [0.2, 0.25) is 11.8 Å². The third-order valence-electron chi connectivity index (χ3n) is 4.03. The summed E-state index contributed by atoms with van der Waals surface area (Å²) in [5, 5.41) is 2.99. The highest BCUT2D eigenvalue weighted by molar-refractivity contribution is 7.98. The zero-order valence-electron chi connectivity index (χ0n) is 11.2. The Hall–Kier alpha value is -0.710. The second-order valence-electron chi connectivity index (χ2n) is 5.39. The van der Waals surface area contributed by atoms with Crippen LogP contribution in [-0.4, -0.2) is 46.8 Å². The smallest absolute Gasteiger partial charge is 0.248 e. The Morgan fingerprint density at radius 1 is 1.39 bits per heavy atom. The molecule has 1 aliphatic carbocycles. The number of carbonyl (C=O) groups is 2. The number of amides is 2. The maximum Gasteiger partial charge on any atom is 0.248 e. The van der Waals surface area contributed by atoms with E-state index in [1.165, 1.54) is 0 Å². The number of hydrogen-bond acceptors (Lipinski definition) is 3. The van der Waals surface area contributed by atoms with Crippen LogP contribution in [0.25, 0.3) is 0 Å². The third-order valence-corrected chi connectivity index (χ3v) is 4.84. The molecule has 18 heavy (non-hydrogen) atoms. The molecule has 2 rings (SSSR count). The van der Waals surface area contributed by atoms with Crippen molar-refractivity contribution < 1.29 is 9.59 Å². The number of rotatable bonds is 3. The Kier molecular flexibility index (Phi) is 4.20. The van der Waals surface area contributed by atoms with Crippen molar-refractivity contribution in [3.8, 4) is 0 Å². The van der Waals surface area contributed by atoms with Crippen LogP contribution in [0.2, 0.25) is 0 Å². The number of carbonyl (C=O) groups excluding carboxylic acids is 2. The molecule has 1 saturated heterocycles. The van der Waals surface area contributed by atoms with Crippen LogP contribution in [0, 0.1) is 0 Å². The maximum atomic E-state index is 12.7. The lowest BCUT2D eigenvalue weighted by Gasteiger charge is -2.35. The summed E-state index contributed by atoms with van der Waals surface area (Å²) in [6.45, 7) is 2.64. The number of thioether (sulfide) groups is 1. The Morgan fingerprint density at radius 3 is 2.67 bits per heavy atom. The Labute approximate surface area is 113 Å². The van der Waals surface area contributed by atoms with E-state index >= 15 is 0 Å². The van der Waals surface area contributed by atoms with Gasteiger partial charge in [-0.1, -0.05) is 12.8 Å². The topological polar surface area (TPSA) is 49.4 Å². The normalized spacial score (nSPS) is 25.1. The van der Waals surface area contributed by atoms with E-state index in [4.69, 9.17) is 0 Å². The van der Waals surface area contributed by atoms with Gasteiger partial charge < -0.3 is 10.2 Å². The maximum absolute atomic E-state index is 12.7. The van der Waals surface area contributed by atoms with Crippen molar-refractivity contribution in [2.45, 2.75) is 50.6 Å². The molecule has 1 unspecified atom stereocenters. The van der Waals surface area contributed by atoms with Crippen molar-refractivity contribution >= 4 is 23.6 Å². The fourth-order valence-corrected chi connectivity index (χ4v) is 3.71. The van der Waals surface area contributed by atoms with E-state index in [2.05, 4.69) is 12.2 Å². The lowest BCUT2D eigenvalue weighted by atomic mass is 9.95. The van der Waals surface area contributed by atoms with Crippen molar-refractivity contribution in [2.24, 2.45) is 0 Å². The summed E-state index contributed by atoms with van der Waals surface area (Å²) in [5.74, 6) is 1.10. The first-order valence-corrected chi connectivity index (χ1v) is 8.09. The summed E-state index contributed by atoms with van der Waals surface area (Å²) in [5.41, 5.74) is -0.583. The zero-order chi connectivity index (χ0) is 13.2. The average Bonchev–Trinajstić information content (AvgIpc) is 2.74. The predicted octanol–water partition coefficient (Wildman–Crippen LogP) is 1.40. The summed E-state index contributed by atoms with van der Waals surface area (Å²) in [6.07, 6.45) is 6.17. The second-order valence-corrected chi connectivity index (χ2v) is 6.30. The van der Waals surface area contributed by atoms with Gasteiger partial charge in [-0.3, -0.25) is 9.59 Å². The first kappa shape index (κ1) is 13.7. The van der Waals surface area contributed by atoms with Crippen LogP contribution in [-0.2, 0) is 9.59 Å². The minimum absolute atomic E-state index is 0.0316. The van der Waals surface area contributed by atoms with E-state index in [0.29, 0.717) is 13.0 Å². The fraction of sp³-hybridized carbons (Fsp3) is 0.846. The van der Waals surface area contributed by atoms with Crippen LogP contribution in [0.4, 0.5) is 0 Å². The Balaban J connectivity index is 2.20. The van der Waals surface area contributed by atoms with Crippen molar-refractivity contribution in [1.29, 1.82) is 0 Å². The van der Waals surface area contributed by atoms with E-state index in [0.717, 1.165) is 31.4 Å². The molecule has 0 aromatic rings. The molecule has 5 heteroatoms. The Bertz CT molecular complexity index is 340. The average molecular weight is 270 g/mol. The summed E-state index contributed by atoms with van der Waals surface area (Å²) in [4.78, 5) is 26.5. The highest BCUT2D eigenvalue weighted by Crippen LogP contribution is 2.33. The molecule has 1 heterocycles. The molecule has 1 atom stereocenters. The second kappa shape index (κ2) is 5.51. The summed E-state index contributed by atoms with van der Waals surface area (Å²) >= 11 is 1.74. The van der Waals surface area contributed by atoms with Crippen molar-refractivity contribution in [2.75, 3.05) is 18.6 Å². The number of nitrogens with one attached hydrogen (secondary N) is 1. The monoisotopic (exact) mass is 270 g/mol. The van der Waals surface area contributed by atoms with Gasteiger partial charge in [0.1, 0.15) is 5.54 Å². The van der Waals surface area contributed by atoms with E-state index in [9.17, 15) is 9.59 Å². The van der Waals surface area contributed by atoms with Crippen LogP contribution in [0.5, 0.6) is 0 Å². The quantitative estimate of drug-likeness (QED) is 0.843. The van der Waals surface area contributed by atoms with E-state index in [1.807, 2.05) is 11.2 Å². The molecule has 0 bridgehead atoms. The lowest BCUT2D eigenvalue weighted by Crippen LogP contribution is -2.57. The van der Waals surface area contributed by atoms with Crippen molar-refractivity contribution in [3.05, 3.63) is 0 Å². The molecule has 4 nitrogen and oxygen atoms in total. The highest BCUT2D eigenvalue weighted by atomic mass is 32.2. The number of nitrogens with zero attached hydrogens (tertiary/aromatic N) is 1. The Morgan fingerprint density at radius 2 is 2.06 bits per heavy atom. The minimum Gasteiger partial charge on any atom is -0.342 e. The predicted molar refractivity (Wildman–Crippen MR) is 73.5 cm³/mol. The van der Waals surface area contributed by atoms with Gasteiger partial charge in [-0.15, -0.1) is 0 Å². The molecular formula is C13H22N2O2S. The van der Waals surface area contributed by atoms with E-state index < -0.39 is 5.54 Å². The first-order chi connectivity index (χ1) is 8.59. The van der Waals surface area contributed by atoms with Gasteiger partial charge in [0, 0.05) is 24.8 Å². The van der Waals surface area contributed by atoms with Crippen LogP contribution < -0.4 is 5.32 Å². The van der Waals surface area contributed by atoms with Crippen LogP contribution in [0.1, 0.15) is 39.0 Å². The van der Waals surface area contributed by atoms with Gasteiger partial charge in [-0.05, 0) is 26.0 Å². The molecule has 0 aromatic carbocycles. The molecule has 0 radical (unpaired) electrons. The third kappa shape index (κ3) is 2.51. The van der Waals surface area contributed by atoms with Gasteiger partial charge in [0.05, 0.1) is 0 Å². The molecule has 102 valence electrons. The van der Waals surface area contributed by atoms with Crippen molar-refractivity contribution in [3.63, 3.8) is 0 Å². The molecule has 1 N–H and O–H groups in total. The zero-order valence-corrected chi connectivity index (χ0v) is 12.0. The lowest BCUT2D eigenvalue weighted by molar-refractivity contribution is -0.140. The van der Waals surface area contributed by atoms with E-state index in [1.54, 1.807) is 11.8 Å². The molecule has 2 fully saturated rings. The van der Waals surface area contributed by atoms with Crippen molar-refractivity contribution in [1.82, 2.24) is 10.2 Å². The van der Waals surface area contributed by atoms with Gasteiger partial charge in [0.15, 0.2) is 0 Å². The molecule has 1 aliphatic heterocycles. The minimum atomic E-state index is -0.583. The standard InChI is InChI=1S/C13H22N2O2S/c1-10(9-18-2)15-8-5-11(16)14-13(12(15)17)6-3-4-7-13/h10H,3-9H2,1-2H3,(H,14,16). The van der Waals surface area contributed by atoms with Crippen LogP contribution in [0.15, 0.2) is 0 Å².